The number of fused-ring (bicyclic) bond motifs is 4. The Balaban J connectivity index is 1.95. The van der Waals surface area contributed by atoms with E-state index in [0.717, 1.165) is 32.2 Å². The molecule has 2 aromatic rings. The maximum atomic E-state index is 11.6. The summed E-state index contributed by atoms with van der Waals surface area (Å²) in [4.78, 5) is 17.3. The number of carbonyl (C=O) groups is 1. The molecule has 104 valence electrons. The maximum absolute atomic E-state index is 11.6. The molecule has 1 spiro atoms. The molecule has 1 amide bonds. The van der Waals surface area contributed by atoms with Crippen molar-refractivity contribution >= 4 is 17.3 Å². The third-order valence-electron chi connectivity index (χ3n) is 5.24. The summed E-state index contributed by atoms with van der Waals surface area (Å²) in [6.07, 6.45) is 7.99. The van der Waals surface area contributed by atoms with Gasteiger partial charge in [-0.1, -0.05) is 37.5 Å². The van der Waals surface area contributed by atoms with E-state index in [2.05, 4.69) is 34.1 Å². The maximum Gasteiger partial charge on any atom is 0.210 e. The molecule has 0 saturated heterocycles. The minimum absolute atomic E-state index is 0.0629. The van der Waals surface area contributed by atoms with Crippen LogP contribution in [-0.2, 0) is 16.8 Å². The van der Waals surface area contributed by atoms with Gasteiger partial charge in [0.2, 0.25) is 6.41 Å². The zero-order valence-electron chi connectivity index (χ0n) is 11.7. The lowest BCUT2D eigenvalue weighted by Gasteiger charge is -2.47. The third kappa shape index (κ3) is 1.49. The second kappa shape index (κ2) is 4.37. The summed E-state index contributed by atoms with van der Waals surface area (Å²) in [5, 5.41) is 1.35. The molecule has 2 aliphatic rings. The number of H-pyrrole nitrogens is 1. The fraction of sp³-hybridized carbons (Fsp3) is 0.471. The van der Waals surface area contributed by atoms with Crippen molar-refractivity contribution in [1.82, 2.24) is 9.88 Å². The number of nitrogens with one attached hydrogen (secondary N) is 1. The molecular formula is C17H20N2O. The molecule has 0 radical (unpaired) electrons. The highest BCUT2D eigenvalue weighted by Gasteiger charge is 2.44. The van der Waals surface area contributed by atoms with Crippen molar-refractivity contribution in [3.8, 4) is 0 Å². The molecule has 1 N–H and O–H groups in total. The largest absolute Gasteiger partial charge is 0.356 e. The third-order valence-corrected chi connectivity index (χ3v) is 5.24. The Morgan fingerprint density at radius 1 is 1.15 bits per heavy atom. The van der Waals surface area contributed by atoms with E-state index in [4.69, 9.17) is 0 Å². The lowest BCUT2D eigenvalue weighted by molar-refractivity contribution is -0.127. The fourth-order valence-corrected chi connectivity index (χ4v) is 4.27. The van der Waals surface area contributed by atoms with Crippen LogP contribution < -0.4 is 0 Å². The predicted molar refractivity (Wildman–Crippen MR) is 79.5 cm³/mol. The number of hydrogen-bond donors (Lipinski definition) is 1. The van der Waals surface area contributed by atoms with E-state index >= 15 is 0 Å². The van der Waals surface area contributed by atoms with Crippen LogP contribution in [0.3, 0.4) is 0 Å². The molecule has 1 aromatic carbocycles. The summed E-state index contributed by atoms with van der Waals surface area (Å²) < 4.78 is 0. The van der Waals surface area contributed by atoms with Crippen LogP contribution in [0, 0.1) is 0 Å². The lowest BCUT2D eigenvalue weighted by atomic mass is 9.74. The molecule has 4 rings (SSSR count). The zero-order valence-corrected chi connectivity index (χ0v) is 11.7. The number of benzene rings is 1. The van der Waals surface area contributed by atoms with Crippen LogP contribution in [0.15, 0.2) is 24.3 Å². The van der Waals surface area contributed by atoms with Gasteiger partial charge in [-0.3, -0.25) is 4.79 Å². The number of amides is 1. The van der Waals surface area contributed by atoms with E-state index in [9.17, 15) is 4.79 Å². The van der Waals surface area contributed by atoms with Crippen LogP contribution in [0.2, 0.25) is 0 Å². The summed E-state index contributed by atoms with van der Waals surface area (Å²) in [5.41, 5.74) is 3.92. The van der Waals surface area contributed by atoms with Crippen LogP contribution in [0.25, 0.3) is 10.9 Å². The molecule has 0 bridgehead atoms. The minimum atomic E-state index is -0.0629. The van der Waals surface area contributed by atoms with Crippen molar-refractivity contribution in [3.63, 3.8) is 0 Å². The van der Waals surface area contributed by atoms with Crippen LogP contribution in [-0.4, -0.2) is 22.8 Å². The SMILES string of the molecule is O=CN1CCc2c([nH]c3ccccc23)C12CCCCC2. The van der Waals surface area contributed by atoms with Crippen molar-refractivity contribution in [3.05, 3.63) is 35.5 Å². The lowest BCUT2D eigenvalue weighted by Crippen LogP contribution is -2.51. The second-order valence-corrected chi connectivity index (χ2v) is 6.17. The Morgan fingerprint density at radius 3 is 2.75 bits per heavy atom. The smallest absolute Gasteiger partial charge is 0.210 e. The van der Waals surface area contributed by atoms with Crippen LogP contribution >= 0.6 is 0 Å². The highest BCUT2D eigenvalue weighted by atomic mass is 16.1. The molecular weight excluding hydrogens is 248 g/mol. The number of hydrogen-bond acceptors (Lipinski definition) is 1. The van der Waals surface area contributed by atoms with Crippen molar-refractivity contribution < 1.29 is 4.79 Å². The summed E-state index contributed by atoms with van der Waals surface area (Å²) in [6.45, 7) is 0.859. The van der Waals surface area contributed by atoms with Gasteiger partial charge in [0, 0.05) is 23.1 Å². The zero-order chi connectivity index (χ0) is 13.6. The second-order valence-electron chi connectivity index (χ2n) is 6.17. The van der Waals surface area contributed by atoms with Gasteiger partial charge in [-0.05, 0) is 30.9 Å². The molecule has 1 aliphatic heterocycles. The molecule has 0 unspecified atom stereocenters. The summed E-state index contributed by atoms with van der Waals surface area (Å²) >= 11 is 0. The number of aromatic amines is 1. The quantitative estimate of drug-likeness (QED) is 0.791. The normalized spacial score (nSPS) is 21.1. The van der Waals surface area contributed by atoms with Crippen LogP contribution in [0.1, 0.15) is 43.4 Å². The average molecular weight is 268 g/mol. The van der Waals surface area contributed by atoms with E-state index in [1.54, 1.807) is 0 Å². The number of nitrogens with zero attached hydrogens (tertiary/aromatic N) is 1. The van der Waals surface area contributed by atoms with Crippen molar-refractivity contribution in [2.24, 2.45) is 0 Å². The van der Waals surface area contributed by atoms with E-state index in [1.807, 2.05) is 0 Å². The Kier molecular flexibility index (Phi) is 2.62. The number of carbonyl (C=O) groups excluding carboxylic acids is 1. The molecule has 1 saturated carbocycles. The molecule has 1 aliphatic carbocycles. The van der Waals surface area contributed by atoms with E-state index < -0.39 is 0 Å². The monoisotopic (exact) mass is 268 g/mol. The number of rotatable bonds is 1. The first kappa shape index (κ1) is 12.0. The van der Waals surface area contributed by atoms with Gasteiger partial charge in [0.1, 0.15) is 0 Å². The van der Waals surface area contributed by atoms with Gasteiger partial charge >= 0.3 is 0 Å². The first-order chi connectivity index (χ1) is 9.85. The molecule has 1 aromatic heterocycles. The Morgan fingerprint density at radius 2 is 1.95 bits per heavy atom. The topological polar surface area (TPSA) is 36.1 Å². The number of para-hydroxylation sites is 1. The van der Waals surface area contributed by atoms with E-state index in [-0.39, 0.29) is 5.54 Å². The molecule has 2 heterocycles. The highest BCUT2D eigenvalue weighted by molar-refractivity contribution is 5.85. The van der Waals surface area contributed by atoms with Gasteiger partial charge < -0.3 is 9.88 Å². The first-order valence-electron chi connectivity index (χ1n) is 7.67. The van der Waals surface area contributed by atoms with Crippen molar-refractivity contribution in [2.45, 2.75) is 44.1 Å². The summed E-state index contributed by atoms with van der Waals surface area (Å²) in [5.74, 6) is 0. The number of aromatic nitrogens is 1. The van der Waals surface area contributed by atoms with Crippen LogP contribution in [0.5, 0.6) is 0 Å². The molecule has 1 fully saturated rings. The summed E-state index contributed by atoms with van der Waals surface area (Å²) in [6, 6.07) is 8.54. The standard InChI is InChI=1S/C17H20N2O/c20-12-19-11-8-14-13-6-2-3-7-15(13)18-16(14)17(19)9-4-1-5-10-17/h2-3,6-7,12,18H,1,4-5,8-11H2. The fourth-order valence-electron chi connectivity index (χ4n) is 4.27. The summed E-state index contributed by atoms with van der Waals surface area (Å²) in [7, 11) is 0. The van der Waals surface area contributed by atoms with Gasteiger partial charge in [-0.25, -0.2) is 0 Å². The van der Waals surface area contributed by atoms with Gasteiger partial charge in [-0.2, -0.15) is 0 Å². The Labute approximate surface area is 119 Å². The average Bonchev–Trinajstić information content (AvgIpc) is 2.89. The molecule has 20 heavy (non-hydrogen) atoms. The van der Waals surface area contributed by atoms with Gasteiger partial charge in [-0.15, -0.1) is 0 Å². The minimum Gasteiger partial charge on any atom is -0.356 e. The first-order valence-corrected chi connectivity index (χ1v) is 7.67. The Bertz CT molecular complexity index is 652. The van der Waals surface area contributed by atoms with Crippen LogP contribution in [0.4, 0.5) is 0 Å². The van der Waals surface area contributed by atoms with Gasteiger partial charge in [0.05, 0.1) is 5.54 Å². The van der Waals surface area contributed by atoms with E-state index in [0.29, 0.717) is 0 Å². The van der Waals surface area contributed by atoms with Crippen molar-refractivity contribution in [1.29, 1.82) is 0 Å². The molecule has 3 heteroatoms. The van der Waals surface area contributed by atoms with Gasteiger partial charge in [0.15, 0.2) is 0 Å². The predicted octanol–water partition coefficient (Wildman–Crippen LogP) is 3.34. The van der Waals surface area contributed by atoms with E-state index in [1.165, 1.54) is 41.4 Å². The molecule has 3 nitrogen and oxygen atoms in total. The highest BCUT2D eigenvalue weighted by Crippen LogP contribution is 2.46. The van der Waals surface area contributed by atoms with Gasteiger partial charge in [0.25, 0.3) is 0 Å². The molecule has 0 atom stereocenters. The Hall–Kier alpha value is -1.77. The van der Waals surface area contributed by atoms with Crippen molar-refractivity contribution in [2.75, 3.05) is 6.54 Å².